The van der Waals surface area contributed by atoms with E-state index in [4.69, 9.17) is 5.73 Å². The molecule has 3 N–H and O–H groups in total. The lowest BCUT2D eigenvalue weighted by Gasteiger charge is -2.15. The van der Waals surface area contributed by atoms with Gasteiger partial charge in [0.1, 0.15) is 5.78 Å². The first-order chi connectivity index (χ1) is 8.97. The molecule has 102 valence electrons. The van der Waals surface area contributed by atoms with E-state index in [9.17, 15) is 14.4 Å². The Hall–Kier alpha value is -2.17. The fourth-order valence-corrected chi connectivity index (χ4v) is 1.82. The minimum Gasteiger partial charge on any atom is -0.370 e. The third-order valence-corrected chi connectivity index (χ3v) is 2.55. The summed E-state index contributed by atoms with van der Waals surface area (Å²) >= 11 is 0. The highest BCUT2D eigenvalue weighted by Gasteiger charge is 2.16. The minimum absolute atomic E-state index is 0.0277. The number of primary amides is 1. The van der Waals surface area contributed by atoms with Gasteiger partial charge in [-0.15, -0.1) is 0 Å². The minimum atomic E-state index is -0.536. The molecule has 0 aromatic heterocycles. The quantitative estimate of drug-likeness (QED) is 0.752. The summed E-state index contributed by atoms with van der Waals surface area (Å²) in [7, 11) is 0. The van der Waals surface area contributed by atoms with Gasteiger partial charge >= 0.3 is 0 Å². The van der Waals surface area contributed by atoms with Crippen LogP contribution >= 0.6 is 0 Å². The Kier molecular flexibility index (Phi) is 5.73. The molecular formula is C14H18N2O3. The molecule has 0 saturated carbocycles. The van der Waals surface area contributed by atoms with Gasteiger partial charge in [0.2, 0.25) is 11.8 Å². The average Bonchev–Trinajstić information content (AvgIpc) is 2.27. The van der Waals surface area contributed by atoms with Crippen LogP contribution in [0, 0.1) is 0 Å². The van der Waals surface area contributed by atoms with Gasteiger partial charge in [-0.2, -0.15) is 0 Å². The predicted octanol–water partition coefficient (Wildman–Crippen LogP) is 0.568. The maximum absolute atomic E-state index is 11.8. The van der Waals surface area contributed by atoms with Crippen molar-refractivity contribution in [2.45, 2.75) is 32.2 Å². The Bertz CT molecular complexity index is 441. The Morgan fingerprint density at radius 2 is 1.79 bits per heavy atom. The van der Waals surface area contributed by atoms with Gasteiger partial charge in [-0.3, -0.25) is 14.4 Å². The molecule has 0 fully saturated rings. The molecule has 19 heavy (non-hydrogen) atoms. The van der Waals surface area contributed by atoms with E-state index in [1.54, 1.807) is 0 Å². The van der Waals surface area contributed by atoms with Crippen molar-refractivity contribution in [2.24, 2.45) is 5.73 Å². The van der Waals surface area contributed by atoms with Crippen LogP contribution in [0.5, 0.6) is 0 Å². The SMILES string of the molecule is CC(=O)C[C@H](CC(N)=O)NC(=O)Cc1ccccc1. The molecule has 0 spiro atoms. The van der Waals surface area contributed by atoms with E-state index in [0.29, 0.717) is 0 Å². The lowest BCUT2D eigenvalue weighted by Crippen LogP contribution is -2.39. The summed E-state index contributed by atoms with van der Waals surface area (Å²) in [6.45, 7) is 1.41. The molecule has 0 unspecified atom stereocenters. The monoisotopic (exact) mass is 262 g/mol. The van der Waals surface area contributed by atoms with Crippen LogP contribution in [0.2, 0.25) is 0 Å². The van der Waals surface area contributed by atoms with E-state index in [2.05, 4.69) is 5.32 Å². The second-order valence-corrected chi connectivity index (χ2v) is 4.50. The number of nitrogens with one attached hydrogen (secondary N) is 1. The standard InChI is InChI=1S/C14H18N2O3/c1-10(17)7-12(9-13(15)18)16-14(19)8-11-5-3-2-4-6-11/h2-6,12H,7-9H2,1H3,(H2,15,18)(H,16,19)/t12-/m1/s1. The van der Waals surface area contributed by atoms with Crippen molar-refractivity contribution in [1.82, 2.24) is 5.32 Å². The van der Waals surface area contributed by atoms with Crippen LogP contribution in [-0.2, 0) is 20.8 Å². The van der Waals surface area contributed by atoms with Crippen LogP contribution in [0.3, 0.4) is 0 Å². The van der Waals surface area contributed by atoms with Crippen molar-refractivity contribution in [2.75, 3.05) is 0 Å². The number of hydrogen-bond donors (Lipinski definition) is 2. The highest BCUT2D eigenvalue weighted by molar-refractivity contribution is 5.83. The molecule has 5 heteroatoms. The molecule has 0 heterocycles. The number of carbonyl (C=O) groups is 3. The lowest BCUT2D eigenvalue weighted by molar-refractivity contribution is -0.122. The van der Waals surface area contributed by atoms with Crippen molar-refractivity contribution in [3.63, 3.8) is 0 Å². The Morgan fingerprint density at radius 3 is 2.32 bits per heavy atom. The maximum atomic E-state index is 11.8. The number of hydrogen-bond acceptors (Lipinski definition) is 3. The molecule has 2 amide bonds. The molecule has 1 rings (SSSR count). The van der Waals surface area contributed by atoms with E-state index in [0.717, 1.165) is 5.56 Å². The molecule has 0 saturated heterocycles. The fraction of sp³-hybridized carbons (Fsp3) is 0.357. The van der Waals surface area contributed by atoms with Crippen molar-refractivity contribution < 1.29 is 14.4 Å². The maximum Gasteiger partial charge on any atom is 0.224 e. The van der Waals surface area contributed by atoms with Crippen molar-refractivity contribution >= 4 is 17.6 Å². The summed E-state index contributed by atoms with van der Waals surface area (Å²) in [5, 5.41) is 2.67. The summed E-state index contributed by atoms with van der Waals surface area (Å²) in [6, 6.07) is 8.72. The third kappa shape index (κ3) is 6.35. The molecule has 0 aliphatic heterocycles. The van der Waals surface area contributed by atoms with Gasteiger partial charge in [-0.25, -0.2) is 0 Å². The summed E-state index contributed by atoms with van der Waals surface area (Å²) in [6.07, 6.45) is 0.303. The summed E-state index contributed by atoms with van der Waals surface area (Å²) in [4.78, 5) is 33.8. The molecule has 0 bridgehead atoms. The number of amides is 2. The van der Waals surface area contributed by atoms with E-state index < -0.39 is 11.9 Å². The van der Waals surface area contributed by atoms with E-state index in [1.165, 1.54) is 6.92 Å². The van der Waals surface area contributed by atoms with Crippen molar-refractivity contribution in [1.29, 1.82) is 0 Å². The lowest BCUT2D eigenvalue weighted by atomic mass is 10.1. The Labute approximate surface area is 112 Å². The van der Waals surface area contributed by atoms with E-state index in [1.807, 2.05) is 30.3 Å². The molecular weight excluding hydrogens is 244 g/mol. The normalized spacial score (nSPS) is 11.6. The third-order valence-electron chi connectivity index (χ3n) is 2.55. The molecule has 0 radical (unpaired) electrons. The molecule has 1 atom stereocenters. The van der Waals surface area contributed by atoms with Gasteiger partial charge in [-0.1, -0.05) is 30.3 Å². The number of Topliss-reactive ketones (excluding diaryl/α,β-unsaturated/α-hetero) is 1. The number of rotatable bonds is 7. The number of carbonyl (C=O) groups excluding carboxylic acids is 3. The van der Waals surface area contributed by atoms with Gasteiger partial charge in [-0.05, 0) is 12.5 Å². The molecule has 1 aromatic rings. The summed E-state index contributed by atoms with van der Waals surface area (Å²) in [5.74, 6) is -0.851. The molecule has 5 nitrogen and oxygen atoms in total. The number of benzene rings is 1. The number of nitrogens with two attached hydrogens (primary N) is 1. The van der Waals surface area contributed by atoms with Crippen LogP contribution in [0.4, 0.5) is 0 Å². The first kappa shape index (κ1) is 14.9. The zero-order valence-corrected chi connectivity index (χ0v) is 10.9. The second kappa shape index (κ2) is 7.31. The molecule has 0 aliphatic rings. The first-order valence-corrected chi connectivity index (χ1v) is 6.08. The van der Waals surface area contributed by atoms with Crippen LogP contribution in [0.15, 0.2) is 30.3 Å². The largest absolute Gasteiger partial charge is 0.370 e. The topological polar surface area (TPSA) is 89.3 Å². The molecule has 0 aliphatic carbocycles. The van der Waals surface area contributed by atoms with Gasteiger partial charge in [0.05, 0.1) is 6.42 Å². The first-order valence-electron chi connectivity index (χ1n) is 6.08. The van der Waals surface area contributed by atoms with E-state index in [-0.39, 0.29) is 31.0 Å². The Morgan fingerprint density at radius 1 is 1.16 bits per heavy atom. The smallest absolute Gasteiger partial charge is 0.224 e. The van der Waals surface area contributed by atoms with Gasteiger partial charge in [0.15, 0.2) is 0 Å². The van der Waals surface area contributed by atoms with Crippen molar-refractivity contribution in [3.05, 3.63) is 35.9 Å². The zero-order chi connectivity index (χ0) is 14.3. The van der Waals surface area contributed by atoms with Crippen LogP contribution in [-0.4, -0.2) is 23.6 Å². The average molecular weight is 262 g/mol. The van der Waals surface area contributed by atoms with Gasteiger partial charge in [0, 0.05) is 18.9 Å². The number of ketones is 1. The fourth-order valence-electron chi connectivity index (χ4n) is 1.82. The summed E-state index contributed by atoms with van der Waals surface area (Å²) in [5.41, 5.74) is 5.97. The van der Waals surface area contributed by atoms with Crippen LogP contribution in [0.25, 0.3) is 0 Å². The predicted molar refractivity (Wildman–Crippen MR) is 71.2 cm³/mol. The highest BCUT2D eigenvalue weighted by atomic mass is 16.2. The van der Waals surface area contributed by atoms with Gasteiger partial charge < -0.3 is 11.1 Å². The summed E-state index contributed by atoms with van der Waals surface area (Å²) < 4.78 is 0. The van der Waals surface area contributed by atoms with Crippen LogP contribution in [0.1, 0.15) is 25.3 Å². The second-order valence-electron chi connectivity index (χ2n) is 4.50. The highest BCUT2D eigenvalue weighted by Crippen LogP contribution is 2.03. The Balaban J connectivity index is 2.55. The molecule has 1 aromatic carbocycles. The zero-order valence-electron chi connectivity index (χ0n) is 10.9. The van der Waals surface area contributed by atoms with Gasteiger partial charge in [0.25, 0.3) is 0 Å². The van der Waals surface area contributed by atoms with Crippen LogP contribution < -0.4 is 11.1 Å². The van der Waals surface area contributed by atoms with E-state index >= 15 is 0 Å². The van der Waals surface area contributed by atoms with Crippen molar-refractivity contribution in [3.8, 4) is 0 Å².